The Balaban J connectivity index is 1.82. The van der Waals surface area contributed by atoms with E-state index in [1.54, 1.807) is 0 Å². The summed E-state index contributed by atoms with van der Waals surface area (Å²) in [6.07, 6.45) is 0.404. The highest BCUT2D eigenvalue weighted by molar-refractivity contribution is 8.00. The van der Waals surface area contributed by atoms with Crippen molar-refractivity contribution in [1.82, 2.24) is 5.32 Å². The lowest BCUT2D eigenvalue weighted by Crippen LogP contribution is -2.35. The molecule has 0 aromatic heterocycles. The Hall–Kier alpha value is -2.27. The zero-order valence-corrected chi connectivity index (χ0v) is 14.4. The van der Waals surface area contributed by atoms with Gasteiger partial charge in [-0.2, -0.15) is 0 Å². The number of benzene rings is 2. The van der Waals surface area contributed by atoms with Crippen LogP contribution < -0.4 is 5.32 Å². The maximum Gasteiger partial charge on any atom is 0.308 e. The summed E-state index contributed by atoms with van der Waals surface area (Å²) in [4.78, 5) is 24.4. The highest BCUT2D eigenvalue weighted by atomic mass is 32.2. The Morgan fingerprint density at radius 3 is 2.42 bits per heavy atom. The summed E-state index contributed by atoms with van der Waals surface area (Å²) in [6, 6.07) is 17.3. The lowest BCUT2D eigenvalue weighted by atomic mass is 9.99. The number of amides is 1. The van der Waals surface area contributed by atoms with E-state index in [0.29, 0.717) is 6.42 Å². The molecule has 2 N–H and O–H groups in total. The molecule has 24 heavy (non-hydrogen) atoms. The molecular weight excluding hydrogens is 322 g/mol. The Bertz CT molecular complexity index is 688. The van der Waals surface area contributed by atoms with E-state index in [-0.39, 0.29) is 18.2 Å². The molecule has 1 atom stereocenters. The second-order valence-corrected chi connectivity index (χ2v) is 6.60. The summed E-state index contributed by atoms with van der Waals surface area (Å²) >= 11 is 1.46. The summed E-state index contributed by atoms with van der Waals surface area (Å²) in [5.74, 6) is -1.39. The number of thioether (sulfide) groups is 1. The molecule has 0 heterocycles. The summed E-state index contributed by atoms with van der Waals surface area (Å²) in [7, 11) is 0. The first kappa shape index (κ1) is 18.1. The van der Waals surface area contributed by atoms with Gasteiger partial charge in [-0.3, -0.25) is 9.59 Å². The summed E-state index contributed by atoms with van der Waals surface area (Å²) < 4.78 is 0. The number of hydrogen-bond acceptors (Lipinski definition) is 3. The molecule has 126 valence electrons. The van der Waals surface area contributed by atoms with Gasteiger partial charge in [-0.05, 0) is 30.5 Å². The van der Waals surface area contributed by atoms with E-state index in [2.05, 4.69) is 5.32 Å². The molecule has 0 aliphatic carbocycles. The number of rotatable bonds is 8. The first-order chi connectivity index (χ1) is 11.6. The molecule has 0 spiro atoms. The quantitative estimate of drug-likeness (QED) is 0.723. The molecule has 1 unspecified atom stereocenters. The van der Waals surface area contributed by atoms with E-state index in [1.165, 1.54) is 11.8 Å². The maximum absolute atomic E-state index is 12.0. The average Bonchev–Trinajstić information content (AvgIpc) is 2.58. The van der Waals surface area contributed by atoms with Gasteiger partial charge in [0.25, 0.3) is 0 Å². The van der Waals surface area contributed by atoms with Crippen molar-refractivity contribution >= 4 is 23.6 Å². The lowest BCUT2D eigenvalue weighted by Gasteiger charge is -2.13. The molecule has 0 radical (unpaired) electrons. The van der Waals surface area contributed by atoms with E-state index in [0.717, 1.165) is 16.0 Å². The zero-order valence-electron chi connectivity index (χ0n) is 13.6. The van der Waals surface area contributed by atoms with Crippen molar-refractivity contribution in [3.63, 3.8) is 0 Å². The molecular formula is C19H21NO3S. The number of carbonyl (C=O) groups excluding carboxylic acids is 1. The van der Waals surface area contributed by atoms with Gasteiger partial charge in [-0.25, -0.2) is 0 Å². The van der Waals surface area contributed by atoms with Gasteiger partial charge in [0.1, 0.15) is 0 Å². The normalized spacial score (nSPS) is 11.7. The number of aliphatic carboxylic acids is 1. The van der Waals surface area contributed by atoms with Crippen LogP contribution in [0.15, 0.2) is 59.5 Å². The molecule has 2 rings (SSSR count). The largest absolute Gasteiger partial charge is 0.481 e. The van der Waals surface area contributed by atoms with Crippen molar-refractivity contribution in [2.45, 2.75) is 18.2 Å². The molecule has 0 aliphatic heterocycles. The fourth-order valence-electron chi connectivity index (χ4n) is 2.30. The monoisotopic (exact) mass is 343 g/mol. The second kappa shape index (κ2) is 9.13. The van der Waals surface area contributed by atoms with Gasteiger partial charge >= 0.3 is 5.97 Å². The van der Waals surface area contributed by atoms with E-state index in [1.807, 2.05) is 61.5 Å². The van der Waals surface area contributed by atoms with Crippen LogP contribution in [-0.2, 0) is 16.0 Å². The van der Waals surface area contributed by atoms with Crippen LogP contribution in [0.25, 0.3) is 0 Å². The Morgan fingerprint density at radius 2 is 1.75 bits per heavy atom. The van der Waals surface area contributed by atoms with Gasteiger partial charge in [-0.1, -0.05) is 48.5 Å². The van der Waals surface area contributed by atoms with Crippen molar-refractivity contribution in [1.29, 1.82) is 0 Å². The number of carboxylic acid groups (broad SMARTS) is 1. The standard InChI is InChI=1S/C19H21NO3S/c1-14-7-5-6-10-17(14)24-13-18(21)20-12-16(19(22)23)11-15-8-3-2-4-9-15/h2-10,16H,11-13H2,1H3,(H,20,21)(H,22,23). The average molecular weight is 343 g/mol. The van der Waals surface area contributed by atoms with Gasteiger partial charge in [0.05, 0.1) is 11.7 Å². The van der Waals surface area contributed by atoms with E-state index in [4.69, 9.17) is 0 Å². The van der Waals surface area contributed by atoms with Crippen molar-refractivity contribution in [3.8, 4) is 0 Å². The molecule has 2 aromatic rings. The number of hydrogen-bond donors (Lipinski definition) is 2. The van der Waals surface area contributed by atoms with Crippen LogP contribution in [0, 0.1) is 12.8 Å². The van der Waals surface area contributed by atoms with Crippen LogP contribution in [0.1, 0.15) is 11.1 Å². The Morgan fingerprint density at radius 1 is 1.08 bits per heavy atom. The SMILES string of the molecule is Cc1ccccc1SCC(=O)NCC(Cc1ccccc1)C(=O)O. The first-order valence-corrected chi connectivity index (χ1v) is 8.76. The van der Waals surface area contributed by atoms with E-state index < -0.39 is 11.9 Å². The molecule has 5 heteroatoms. The van der Waals surface area contributed by atoms with Crippen LogP contribution in [0.3, 0.4) is 0 Å². The summed E-state index contributed by atoms with van der Waals surface area (Å²) in [6.45, 7) is 2.14. The summed E-state index contributed by atoms with van der Waals surface area (Å²) in [5.41, 5.74) is 2.08. The Labute approximate surface area is 146 Å². The van der Waals surface area contributed by atoms with Gasteiger partial charge in [0.2, 0.25) is 5.91 Å². The van der Waals surface area contributed by atoms with Crippen molar-refractivity contribution < 1.29 is 14.7 Å². The smallest absolute Gasteiger partial charge is 0.308 e. The molecule has 0 saturated heterocycles. The predicted octanol–water partition coefficient (Wildman–Crippen LogP) is 3.15. The van der Waals surface area contributed by atoms with E-state index in [9.17, 15) is 14.7 Å². The number of nitrogens with one attached hydrogen (secondary N) is 1. The second-order valence-electron chi connectivity index (χ2n) is 5.58. The molecule has 0 bridgehead atoms. The van der Waals surface area contributed by atoms with Crippen LogP contribution in [0.2, 0.25) is 0 Å². The molecule has 0 aliphatic rings. The topological polar surface area (TPSA) is 66.4 Å². The highest BCUT2D eigenvalue weighted by Crippen LogP contribution is 2.21. The van der Waals surface area contributed by atoms with Crippen molar-refractivity contribution in [3.05, 3.63) is 65.7 Å². The van der Waals surface area contributed by atoms with E-state index >= 15 is 0 Å². The highest BCUT2D eigenvalue weighted by Gasteiger charge is 2.19. The van der Waals surface area contributed by atoms with Gasteiger partial charge in [0, 0.05) is 11.4 Å². The molecule has 1 amide bonds. The van der Waals surface area contributed by atoms with Crippen LogP contribution in [0.5, 0.6) is 0 Å². The Kier molecular flexibility index (Phi) is 6.88. The first-order valence-electron chi connectivity index (χ1n) is 7.78. The molecule has 2 aromatic carbocycles. The fraction of sp³-hybridized carbons (Fsp3) is 0.263. The van der Waals surface area contributed by atoms with Crippen LogP contribution in [0.4, 0.5) is 0 Å². The number of aryl methyl sites for hydroxylation is 1. The number of carboxylic acids is 1. The third-order valence-electron chi connectivity index (χ3n) is 3.67. The van der Waals surface area contributed by atoms with Crippen molar-refractivity contribution in [2.24, 2.45) is 5.92 Å². The van der Waals surface area contributed by atoms with Crippen LogP contribution in [-0.4, -0.2) is 29.3 Å². The molecule has 4 nitrogen and oxygen atoms in total. The third-order valence-corrected chi connectivity index (χ3v) is 4.85. The third kappa shape index (κ3) is 5.74. The zero-order chi connectivity index (χ0) is 17.4. The van der Waals surface area contributed by atoms with Crippen LogP contribution >= 0.6 is 11.8 Å². The predicted molar refractivity (Wildman–Crippen MR) is 96.2 cm³/mol. The minimum Gasteiger partial charge on any atom is -0.481 e. The van der Waals surface area contributed by atoms with Gasteiger partial charge in [0.15, 0.2) is 0 Å². The molecule has 0 fully saturated rings. The number of carbonyl (C=O) groups is 2. The van der Waals surface area contributed by atoms with Gasteiger partial charge < -0.3 is 10.4 Å². The van der Waals surface area contributed by atoms with Crippen molar-refractivity contribution in [2.75, 3.05) is 12.3 Å². The fourth-order valence-corrected chi connectivity index (χ4v) is 3.15. The minimum absolute atomic E-state index is 0.136. The lowest BCUT2D eigenvalue weighted by molar-refractivity contribution is -0.141. The minimum atomic E-state index is -0.897. The van der Waals surface area contributed by atoms with Gasteiger partial charge in [-0.15, -0.1) is 11.8 Å². The maximum atomic E-state index is 12.0. The summed E-state index contributed by atoms with van der Waals surface area (Å²) in [5, 5.41) is 12.1. The molecule has 0 saturated carbocycles.